The van der Waals surface area contributed by atoms with Crippen molar-refractivity contribution in [3.63, 3.8) is 0 Å². The minimum Gasteiger partial charge on any atom is -0.382 e. The minimum atomic E-state index is -0.541. The van der Waals surface area contributed by atoms with E-state index in [2.05, 4.69) is 12.2 Å². The molecular formula is C15H20Cl2FN. The van der Waals surface area contributed by atoms with Crippen molar-refractivity contribution >= 4 is 28.9 Å². The van der Waals surface area contributed by atoms with Crippen molar-refractivity contribution in [2.24, 2.45) is 5.92 Å². The van der Waals surface area contributed by atoms with Crippen LogP contribution in [0.2, 0.25) is 10.0 Å². The maximum atomic E-state index is 13.4. The maximum Gasteiger partial charge on any atom is 0.160 e. The summed E-state index contributed by atoms with van der Waals surface area (Å²) < 4.78 is 13.4. The quantitative estimate of drug-likeness (QED) is 0.541. The van der Waals surface area contributed by atoms with E-state index in [0.29, 0.717) is 6.04 Å². The molecule has 1 nitrogen and oxygen atoms in total. The van der Waals surface area contributed by atoms with Crippen molar-refractivity contribution in [1.82, 2.24) is 0 Å². The van der Waals surface area contributed by atoms with Gasteiger partial charge in [-0.1, -0.05) is 49.4 Å². The Bertz CT molecular complexity index is 413. The average Bonchev–Trinajstić information content (AvgIpc) is 2.61. The highest BCUT2D eigenvalue weighted by molar-refractivity contribution is 6.35. The Balaban J connectivity index is 2.01. The third-order valence-corrected chi connectivity index (χ3v) is 4.57. The Morgan fingerprint density at radius 1 is 1.16 bits per heavy atom. The second-order valence-corrected chi connectivity index (χ2v) is 6.19. The maximum absolute atomic E-state index is 13.4. The van der Waals surface area contributed by atoms with Crippen molar-refractivity contribution < 1.29 is 4.39 Å². The molecule has 1 aliphatic carbocycles. The van der Waals surface area contributed by atoms with Crippen LogP contribution < -0.4 is 5.32 Å². The van der Waals surface area contributed by atoms with E-state index in [1.807, 2.05) is 0 Å². The van der Waals surface area contributed by atoms with Gasteiger partial charge < -0.3 is 5.32 Å². The van der Waals surface area contributed by atoms with Gasteiger partial charge in [0.1, 0.15) is 0 Å². The molecule has 2 unspecified atom stereocenters. The Morgan fingerprint density at radius 2 is 1.84 bits per heavy atom. The Labute approximate surface area is 124 Å². The Hall–Kier alpha value is -0.470. The van der Waals surface area contributed by atoms with Gasteiger partial charge in [-0.05, 0) is 37.3 Å². The molecule has 106 valence electrons. The van der Waals surface area contributed by atoms with Crippen LogP contribution in [0.25, 0.3) is 0 Å². The van der Waals surface area contributed by atoms with Gasteiger partial charge in [0.25, 0.3) is 0 Å². The smallest absolute Gasteiger partial charge is 0.160 e. The van der Waals surface area contributed by atoms with Gasteiger partial charge in [0.2, 0.25) is 0 Å². The highest BCUT2D eigenvalue weighted by Gasteiger charge is 2.18. The summed E-state index contributed by atoms with van der Waals surface area (Å²) in [6.07, 6.45) is 7.41. The van der Waals surface area contributed by atoms with E-state index in [4.69, 9.17) is 23.2 Å². The summed E-state index contributed by atoms with van der Waals surface area (Å²) in [7, 11) is 0. The number of halogens is 3. The highest BCUT2D eigenvalue weighted by atomic mass is 35.5. The second-order valence-electron chi connectivity index (χ2n) is 5.38. The van der Waals surface area contributed by atoms with Crippen molar-refractivity contribution in [2.75, 3.05) is 5.32 Å². The first kappa shape index (κ1) is 14.9. The van der Waals surface area contributed by atoms with Crippen molar-refractivity contribution in [3.05, 3.63) is 28.0 Å². The third kappa shape index (κ3) is 4.00. The summed E-state index contributed by atoms with van der Waals surface area (Å²) in [5, 5.41) is 3.60. The van der Waals surface area contributed by atoms with Gasteiger partial charge in [0.05, 0.1) is 10.0 Å². The van der Waals surface area contributed by atoms with E-state index in [1.54, 1.807) is 12.1 Å². The normalized spacial score (nSPS) is 24.0. The molecule has 19 heavy (non-hydrogen) atoms. The van der Waals surface area contributed by atoms with E-state index in [-0.39, 0.29) is 10.0 Å². The van der Waals surface area contributed by atoms with Gasteiger partial charge in [0, 0.05) is 11.7 Å². The molecular weight excluding hydrogens is 284 g/mol. The lowest BCUT2D eigenvalue weighted by Gasteiger charge is -2.18. The van der Waals surface area contributed by atoms with E-state index >= 15 is 0 Å². The number of hydrogen-bond donors (Lipinski definition) is 1. The summed E-state index contributed by atoms with van der Waals surface area (Å²) in [4.78, 5) is 0. The molecule has 0 aromatic heterocycles. The van der Waals surface area contributed by atoms with Crippen LogP contribution in [0.1, 0.15) is 45.4 Å². The largest absolute Gasteiger partial charge is 0.382 e. The van der Waals surface area contributed by atoms with Gasteiger partial charge in [-0.2, -0.15) is 0 Å². The molecule has 2 atom stereocenters. The van der Waals surface area contributed by atoms with Crippen LogP contribution in [0.4, 0.5) is 10.1 Å². The molecule has 1 aromatic rings. The lowest BCUT2D eigenvalue weighted by atomic mass is 9.98. The van der Waals surface area contributed by atoms with Crippen LogP contribution in [0, 0.1) is 11.7 Å². The summed E-state index contributed by atoms with van der Waals surface area (Å²) in [6, 6.07) is 3.67. The van der Waals surface area contributed by atoms with E-state index < -0.39 is 5.82 Å². The molecule has 0 bridgehead atoms. The van der Waals surface area contributed by atoms with Crippen LogP contribution in [0.15, 0.2) is 12.1 Å². The van der Waals surface area contributed by atoms with Crippen LogP contribution in [-0.2, 0) is 0 Å². The first-order valence-corrected chi connectivity index (χ1v) is 7.76. The lowest BCUT2D eigenvalue weighted by molar-refractivity contribution is 0.444. The predicted octanol–water partition coefficient (Wildman–Crippen LogP) is 5.90. The van der Waals surface area contributed by atoms with Gasteiger partial charge in [-0.15, -0.1) is 0 Å². The standard InChI is InChI=1S/C15H20Cl2FN/c1-2-10-4-3-5-11(7-6-10)19-12-8-13(16)15(18)14(17)9-12/h8-11,19H,2-7H2,1H3. The fraction of sp³-hybridized carbons (Fsp3) is 0.600. The Kier molecular flexibility index (Phi) is 5.35. The van der Waals surface area contributed by atoms with Crippen LogP contribution in [0.5, 0.6) is 0 Å². The molecule has 0 heterocycles. The van der Waals surface area contributed by atoms with Crippen LogP contribution in [-0.4, -0.2) is 6.04 Å². The zero-order valence-electron chi connectivity index (χ0n) is 11.2. The van der Waals surface area contributed by atoms with Crippen molar-refractivity contribution in [1.29, 1.82) is 0 Å². The molecule has 2 rings (SSSR count). The summed E-state index contributed by atoms with van der Waals surface area (Å²) in [6.45, 7) is 2.26. The Morgan fingerprint density at radius 3 is 2.47 bits per heavy atom. The van der Waals surface area contributed by atoms with E-state index in [0.717, 1.165) is 24.4 Å². The molecule has 1 fully saturated rings. The van der Waals surface area contributed by atoms with Gasteiger partial charge in [-0.3, -0.25) is 0 Å². The summed E-state index contributed by atoms with van der Waals surface area (Å²) in [5.74, 6) is 0.313. The average molecular weight is 304 g/mol. The SMILES string of the molecule is CCC1CCCC(Nc2cc(Cl)c(F)c(Cl)c2)CC1. The predicted molar refractivity (Wildman–Crippen MR) is 80.7 cm³/mol. The number of rotatable bonds is 3. The van der Waals surface area contributed by atoms with Crippen molar-refractivity contribution in [3.8, 4) is 0 Å². The molecule has 0 amide bonds. The monoisotopic (exact) mass is 303 g/mol. The van der Waals surface area contributed by atoms with Crippen molar-refractivity contribution in [2.45, 2.75) is 51.5 Å². The minimum absolute atomic E-state index is 0.0788. The second kappa shape index (κ2) is 6.81. The van der Waals surface area contributed by atoms with E-state index in [1.165, 1.54) is 25.7 Å². The number of anilines is 1. The fourth-order valence-electron chi connectivity index (χ4n) is 2.81. The molecule has 0 radical (unpaired) electrons. The van der Waals surface area contributed by atoms with Crippen LogP contribution in [0.3, 0.4) is 0 Å². The molecule has 1 saturated carbocycles. The third-order valence-electron chi connectivity index (χ3n) is 4.02. The van der Waals surface area contributed by atoms with Gasteiger partial charge in [-0.25, -0.2) is 4.39 Å². The van der Waals surface area contributed by atoms with E-state index in [9.17, 15) is 4.39 Å². The first-order chi connectivity index (χ1) is 9.10. The summed E-state index contributed by atoms with van der Waals surface area (Å²) in [5.41, 5.74) is 0.816. The first-order valence-electron chi connectivity index (χ1n) is 7.01. The van der Waals surface area contributed by atoms with Gasteiger partial charge in [0.15, 0.2) is 5.82 Å². The molecule has 1 aliphatic rings. The zero-order chi connectivity index (χ0) is 13.8. The molecule has 4 heteroatoms. The molecule has 0 saturated heterocycles. The molecule has 1 aromatic carbocycles. The highest BCUT2D eigenvalue weighted by Crippen LogP contribution is 2.30. The molecule has 0 aliphatic heterocycles. The molecule has 1 N–H and O–H groups in total. The molecule has 0 spiro atoms. The number of benzene rings is 1. The topological polar surface area (TPSA) is 12.0 Å². The van der Waals surface area contributed by atoms with Crippen LogP contribution >= 0.6 is 23.2 Å². The van der Waals surface area contributed by atoms with Gasteiger partial charge >= 0.3 is 0 Å². The zero-order valence-corrected chi connectivity index (χ0v) is 12.7. The number of nitrogens with one attached hydrogen (secondary N) is 1. The lowest BCUT2D eigenvalue weighted by Crippen LogP contribution is -2.18. The fourth-order valence-corrected chi connectivity index (χ4v) is 3.29. The summed E-state index contributed by atoms with van der Waals surface area (Å²) >= 11 is 11.6. The number of hydrogen-bond acceptors (Lipinski definition) is 1.